The van der Waals surface area contributed by atoms with Crippen LogP contribution in [0.15, 0.2) is 0 Å². The first-order valence-electron chi connectivity index (χ1n) is 8.40. The molecule has 0 amide bonds. The van der Waals surface area contributed by atoms with Crippen LogP contribution in [-0.2, 0) is 0 Å². The summed E-state index contributed by atoms with van der Waals surface area (Å²) in [6.07, 6.45) is 5.48. The van der Waals surface area contributed by atoms with E-state index in [-0.39, 0.29) is 0 Å². The summed E-state index contributed by atoms with van der Waals surface area (Å²) < 4.78 is 0. The van der Waals surface area contributed by atoms with Crippen molar-refractivity contribution < 1.29 is 0 Å². The largest absolute Gasteiger partial charge is 0.316 e. The van der Waals surface area contributed by atoms with Gasteiger partial charge in [0.2, 0.25) is 0 Å². The Balaban J connectivity index is 1.86. The summed E-state index contributed by atoms with van der Waals surface area (Å²) in [4.78, 5) is 5.38. The summed E-state index contributed by atoms with van der Waals surface area (Å²) in [6.45, 7) is 15.7. The maximum absolute atomic E-state index is 3.59. The first-order chi connectivity index (χ1) is 9.23. The molecule has 3 heteroatoms. The van der Waals surface area contributed by atoms with Crippen molar-refractivity contribution in [1.29, 1.82) is 0 Å². The van der Waals surface area contributed by atoms with E-state index in [0.29, 0.717) is 5.41 Å². The molecule has 0 aromatic heterocycles. The number of hydrogen-bond acceptors (Lipinski definition) is 3. The summed E-state index contributed by atoms with van der Waals surface area (Å²) in [7, 11) is 0. The maximum atomic E-state index is 3.59. The van der Waals surface area contributed by atoms with Crippen LogP contribution in [0.4, 0.5) is 0 Å². The van der Waals surface area contributed by atoms with E-state index in [4.69, 9.17) is 0 Å². The second-order valence-electron chi connectivity index (χ2n) is 6.58. The van der Waals surface area contributed by atoms with Gasteiger partial charge in [0.05, 0.1) is 0 Å². The van der Waals surface area contributed by atoms with E-state index in [9.17, 15) is 0 Å². The Hall–Kier alpha value is -0.120. The number of hydrogen-bond donors (Lipinski definition) is 1. The summed E-state index contributed by atoms with van der Waals surface area (Å²) in [5.41, 5.74) is 0.576. The topological polar surface area (TPSA) is 18.5 Å². The fraction of sp³-hybridized carbons (Fsp3) is 1.00. The molecule has 2 rings (SSSR count). The molecule has 19 heavy (non-hydrogen) atoms. The summed E-state index contributed by atoms with van der Waals surface area (Å²) >= 11 is 0. The van der Waals surface area contributed by atoms with Gasteiger partial charge in [-0.3, -0.25) is 4.90 Å². The third kappa shape index (κ3) is 3.71. The van der Waals surface area contributed by atoms with E-state index in [2.05, 4.69) is 35.9 Å². The van der Waals surface area contributed by atoms with Crippen LogP contribution in [0, 0.1) is 5.41 Å². The molecule has 0 spiro atoms. The molecule has 3 nitrogen and oxygen atoms in total. The van der Waals surface area contributed by atoms with Gasteiger partial charge in [0.25, 0.3) is 0 Å². The minimum atomic E-state index is 0.576. The third-order valence-electron chi connectivity index (χ3n) is 5.25. The number of nitrogens with one attached hydrogen (secondary N) is 1. The van der Waals surface area contributed by atoms with Crippen molar-refractivity contribution in [2.75, 3.05) is 45.8 Å². The SMILES string of the molecule is CCCC1(CN2CCC(N(CC)CC)C2)CCNC1. The van der Waals surface area contributed by atoms with E-state index < -0.39 is 0 Å². The Kier molecular flexibility index (Phi) is 5.67. The van der Waals surface area contributed by atoms with Crippen molar-refractivity contribution in [2.24, 2.45) is 5.41 Å². The van der Waals surface area contributed by atoms with Crippen molar-refractivity contribution in [3.05, 3.63) is 0 Å². The van der Waals surface area contributed by atoms with Gasteiger partial charge in [-0.25, -0.2) is 0 Å². The van der Waals surface area contributed by atoms with Crippen LogP contribution in [-0.4, -0.2) is 61.7 Å². The van der Waals surface area contributed by atoms with Crippen molar-refractivity contribution in [3.8, 4) is 0 Å². The molecule has 0 aromatic rings. The Labute approximate surface area is 119 Å². The van der Waals surface area contributed by atoms with Gasteiger partial charge in [-0.2, -0.15) is 0 Å². The molecule has 0 saturated carbocycles. The quantitative estimate of drug-likeness (QED) is 0.763. The zero-order valence-corrected chi connectivity index (χ0v) is 13.2. The highest BCUT2D eigenvalue weighted by molar-refractivity contribution is 4.93. The molecule has 2 aliphatic rings. The third-order valence-corrected chi connectivity index (χ3v) is 5.25. The monoisotopic (exact) mass is 267 g/mol. The minimum absolute atomic E-state index is 0.576. The van der Waals surface area contributed by atoms with Crippen LogP contribution in [0.1, 0.15) is 46.5 Å². The lowest BCUT2D eigenvalue weighted by Gasteiger charge is -2.33. The number of nitrogens with zero attached hydrogens (tertiary/aromatic N) is 2. The Morgan fingerprint density at radius 1 is 1.26 bits per heavy atom. The molecule has 2 aliphatic heterocycles. The van der Waals surface area contributed by atoms with E-state index in [1.165, 1.54) is 71.5 Å². The molecule has 2 atom stereocenters. The van der Waals surface area contributed by atoms with Crippen LogP contribution < -0.4 is 5.32 Å². The van der Waals surface area contributed by atoms with Gasteiger partial charge in [-0.1, -0.05) is 27.2 Å². The fourth-order valence-corrected chi connectivity index (χ4v) is 4.22. The number of likely N-dealkylation sites (tertiary alicyclic amines) is 1. The molecule has 0 bridgehead atoms. The Morgan fingerprint density at radius 2 is 2.05 bits per heavy atom. The van der Waals surface area contributed by atoms with Gasteiger partial charge >= 0.3 is 0 Å². The first kappa shape index (κ1) is 15.3. The second-order valence-corrected chi connectivity index (χ2v) is 6.58. The molecule has 0 radical (unpaired) electrons. The van der Waals surface area contributed by atoms with Crippen LogP contribution in [0.5, 0.6) is 0 Å². The highest BCUT2D eigenvalue weighted by atomic mass is 15.3. The minimum Gasteiger partial charge on any atom is -0.316 e. The van der Waals surface area contributed by atoms with Gasteiger partial charge in [-0.15, -0.1) is 0 Å². The van der Waals surface area contributed by atoms with Gasteiger partial charge in [0.15, 0.2) is 0 Å². The summed E-state index contributed by atoms with van der Waals surface area (Å²) in [6, 6.07) is 0.808. The predicted molar refractivity (Wildman–Crippen MR) is 82.6 cm³/mol. The van der Waals surface area contributed by atoms with Crippen LogP contribution in [0.25, 0.3) is 0 Å². The number of likely N-dealkylation sites (N-methyl/N-ethyl adjacent to an activating group) is 1. The van der Waals surface area contributed by atoms with E-state index in [1.807, 2.05) is 0 Å². The maximum Gasteiger partial charge on any atom is 0.0235 e. The summed E-state index contributed by atoms with van der Waals surface area (Å²) in [5.74, 6) is 0. The highest BCUT2D eigenvalue weighted by Crippen LogP contribution is 2.33. The lowest BCUT2D eigenvalue weighted by molar-refractivity contribution is 0.158. The molecule has 2 saturated heterocycles. The predicted octanol–water partition coefficient (Wildman–Crippen LogP) is 2.18. The Bertz CT molecular complexity index is 257. The van der Waals surface area contributed by atoms with E-state index >= 15 is 0 Å². The van der Waals surface area contributed by atoms with E-state index in [0.717, 1.165) is 6.04 Å². The normalized spacial score (nSPS) is 32.5. The molecule has 0 aliphatic carbocycles. The fourth-order valence-electron chi connectivity index (χ4n) is 4.22. The first-order valence-corrected chi connectivity index (χ1v) is 8.40. The average molecular weight is 267 g/mol. The van der Waals surface area contributed by atoms with Crippen LogP contribution in [0.2, 0.25) is 0 Å². The van der Waals surface area contributed by atoms with Crippen LogP contribution in [0.3, 0.4) is 0 Å². The van der Waals surface area contributed by atoms with Gasteiger partial charge in [0.1, 0.15) is 0 Å². The van der Waals surface area contributed by atoms with Crippen molar-refractivity contribution >= 4 is 0 Å². The van der Waals surface area contributed by atoms with Crippen LogP contribution >= 0.6 is 0 Å². The van der Waals surface area contributed by atoms with E-state index in [1.54, 1.807) is 0 Å². The molecule has 2 unspecified atom stereocenters. The molecule has 2 fully saturated rings. The smallest absolute Gasteiger partial charge is 0.0235 e. The van der Waals surface area contributed by atoms with Crippen molar-refractivity contribution in [1.82, 2.24) is 15.1 Å². The van der Waals surface area contributed by atoms with Crippen molar-refractivity contribution in [2.45, 2.75) is 52.5 Å². The lowest BCUT2D eigenvalue weighted by Crippen LogP contribution is -2.41. The zero-order chi connectivity index (χ0) is 13.7. The standard InChI is InChI=1S/C16H33N3/c1-4-8-16(9-10-17-13-16)14-18-11-7-15(12-18)19(5-2)6-3/h15,17H,4-14H2,1-3H3. The second kappa shape index (κ2) is 7.05. The molecular formula is C16H33N3. The highest BCUT2D eigenvalue weighted by Gasteiger charge is 2.37. The van der Waals surface area contributed by atoms with Gasteiger partial charge < -0.3 is 10.2 Å². The molecule has 2 heterocycles. The van der Waals surface area contributed by atoms with Gasteiger partial charge in [-0.05, 0) is 50.9 Å². The van der Waals surface area contributed by atoms with Crippen molar-refractivity contribution in [3.63, 3.8) is 0 Å². The molecular weight excluding hydrogens is 234 g/mol. The molecule has 0 aromatic carbocycles. The number of rotatable bonds is 7. The van der Waals surface area contributed by atoms with Gasteiger partial charge in [0, 0.05) is 25.7 Å². The zero-order valence-electron chi connectivity index (χ0n) is 13.2. The molecule has 112 valence electrons. The average Bonchev–Trinajstić information content (AvgIpc) is 3.03. The lowest BCUT2D eigenvalue weighted by atomic mass is 9.82. The molecule has 1 N–H and O–H groups in total. The summed E-state index contributed by atoms with van der Waals surface area (Å²) in [5, 5.41) is 3.59. The Morgan fingerprint density at radius 3 is 2.63 bits per heavy atom.